The van der Waals surface area contributed by atoms with Gasteiger partial charge in [-0.1, -0.05) is 13.8 Å². The van der Waals surface area contributed by atoms with Crippen molar-refractivity contribution in [2.45, 2.75) is 26.3 Å². The largest absolute Gasteiger partial charge is 0.481 e. The number of nitrogens with one attached hydrogen (secondary N) is 1. The lowest BCUT2D eigenvalue weighted by molar-refractivity contribution is -0.141. The van der Waals surface area contributed by atoms with Crippen molar-refractivity contribution in [3.63, 3.8) is 0 Å². The first-order valence-corrected chi connectivity index (χ1v) is 6.26. The van der Waals surface area contributed by atoms with Gasteiger partial charge in [-0.3, -0.25) is 4.79 Å². The number of carbonyl (C=O) groups is 2. The van der Waals surface area contributed by atoms with Crippen LogP contribution in [0, 0.1) is 11.3 Å². The average molecular weight is 256 g/mol. The Morgan fingerprint density at radius 1 is 1.44 bits per heavy atom. The van der Waals surface area contributed by atoms with Gasteiger partial charge in [-0.25, -0.2) is 4.79 Å². The van der Waals surface area contributed by atoms with Crippen molar-refractivity contribution in [1.82, 2.24) is 10.2 Å². The normalized spacial score (nSPS) is 30.4. The summed E-state index contributed by atoms with van der Waals surface area (Å²) in [6, 6.07) is -0.184. The van der Waals surface area contributed by atoms with Crippen molar-refractivity contribution >= 4 is 12.0 Å². The predicted octanol–water partition coefficient (Wildman–Crippen LogP) is 0.527. The number of likely N-dealkylation sites (tertiary alicyclic amines) is 1. The maximum atomic E-state index is 12.0. The zero-order valence-corrected chi connectivity index (χ0v) is 10.8. The zero-order valence-electron chi connectivity index (χ0n) is 10.8. The van der Waals surface area contributed by atoms with Crippen LogP contribution in [0.1, 0.15) is 20.3 Å². The highest BCUT2D eigenvalue weighted by atomic mass is 16.5. The fourth-order valence-corrected chi connectivity index (χ4v) is 2.39. The summed E-state index contributed by atoms with van der Waals surface area (Å²) in [6.45, 7) is 6.07. The number of carboxylic acids is 1. The molecule has 102 valence electrons. The van der Waals surface area contributed by atoms with Crippen molar-refractivity contribution in [3.8, 4) is 0 Å². The number of urea groups is 1. The molecule has 0 aromatic rings. The van der Waals surface area contributed by atoms with Gasteiger partial charge in [0.2, 0.25) is 0 Å². The van der Waals surface area contributed by atoms with E-state index in [4.69, 9.17) is 9.84 Å². The second-order valence-corrected chi connectivity index (χ2v) is 5.78. The van der Waals surface area contributed by atoms with E-state index in [2.05, 4.69) is 19.2 Å². The predicted molar refractivity (Wildman–Crippen MR) is 64.2 cm³/mol. The fraction of sp³-hybridized carbons (Fsp3) is 0.833. The summed E-state index contributed by atoms with van der Waals surface area (Å²) in [5.41, 5.74) is -0.0679. The molecule has 0 spiro atoms. The van der Waals surface area contributed by atoms with Crippen LogP contribution in [-0.4, -0.2) is 54.4 Å². The molecule has 2 atom stereocenters. The first-order valence-electron chi connectivity index (χ1n) is 6.26. The highest BCUT2D eigenvalue weighted by Gasteiger charge is 2.38. The molecule has 2 aliphatic heterocycles. The Morgan fingerprint density at radius 2 is 2.17 bits per heavy atom. The molecule has 2 saturated heterocycles. The van der Waals surface area contributed by atoms with Crippen molar-refractivity contribution in [1.29, 1.82) is 0 Å². The van der Waals surface area contributed by atoms with Gasteiger partial charge in [-0.05, 0) is 6.42 Å². The Balaban J connectivity index is 1.88. The molecule has 2 N–H and O–H groups in total. The molecule has 2 fully saturated rings. The summed E-state index contributed by atoms with van der Waals surface area (Å²) in [5.74, 6) is -1.25. The minimum Gasteiger partial charge on any atom is -0.481 e. The van der Waals surface area contributed by atoms with Crippen LogP contribution >= 0.6 is 0 Å². The van der Waals surface area contributed by atoms with Gasteiger partial charge < -0.3 is 20.1 Å². The highest BCUT2D eigenvalue weighted by Crippen LogP contribution is 2.27. The molecule has 18 heavy (non-hydrogen) atoms. The van der Waals surface area contributed by atoms with Crippen LogP contribution in [0.3, 0.4) is 0 Å². The Labute approximate surface area is 106 Å². The monoisotopic (exact) mass is 256 g/mol. The molecule has 2 amide bonds. The second kappa shape index (κ2) is 4.76. The van der Waals surface area contributed by atoms with Gasteiger partial charge >= 0.3 is 12.0 Å². The lowest BCUT2D eigenvalue weighted by Gasteiger charge is -2.27. The summed E-state index contributed by atoms with van der Waals surface area (Å²) in [5, 5.41) is 11.8. The smallest absolute Gasteiger partial charge is 0.317 e. The number of rotatable bonds is 2. The molecule has 0 aliphatic carbocycles. The molecule has 0 radical (unpaired) electrons. The molecular weight excluding hydrogens is 236 g/mol. The van der Waals surface area contributed by atoms with Gasteiger partial charge in [-0.2, -0.15) is 0 Å². The second-order valence-electron chi connectivity index (χ2n) is 5.78. The van der Waals surface area contributed by atoms with Crippen LogP contribution in [-0.2, 0) is 9.53 Å². The summed E-state index contributed by atoms with van der Waals surface area (Å²) < 4.78 is 5.37. The minimum atomic E-state index is -0.824. The van der Waals surface area contributed by atoms with Crippen LogP contribution in [0.15, 0.2) is 0 Å². The molecule has 2 unspecified atom stereocenters. The Bertz CT molecular complexity index is 356. The number of hydrogen-bond acceptors (Lipinski definition) is 3. The van der Waals surface area contributed by atoms with E-state index in [9.17, 15) is 9.59 Å². The number of carboxylic acid groups (broad SMARTS) is 1. The SMILES string of the molecule is CC1(C)COCC1NC(=O)N1CCC(C(=O)O)C1. The summed E-state index contributed by atoms with van der Waals surface area (Å²) in [7, 11) is 0. The molecule has 6 nitrogen and oxygen atoms in total. The third-order valence-corrected chi connectivity index (χ3v) is 3.82. The lowest BCUT2D eigenvalue weighted by Crippen LogP contribution is -2.49. The van der Waals surface area contributed by atoms with E-state index in [0.29, 0.717) is 32.7 Å². The zero-order chi connectivity index (χ0) is 13.3. The first kappa shape index (κ1) is 13.1. The van der Waals surface area contributed by atoms with Crippen molar-refractivity contribution in [3.05, 3.63) is 0 Å². The number of aliphatic carboxylic acids is 1. The van der Waals surface area contributed by atoms with Crippen LogP contribution < -0.4 is 5.32 Å². The quantitative estimate of drug-likeness (QED) is 0.755. The third kappa shape index (κ3) is 2.58. The standard InChI is InChI=1S/C12H20N2O4/c1-12(2)7-18-6-9(12)13-11(17)14-4-3-8(5-14)10(15)16/h8-9H,3-7H2,1-2H3,(H,13,17)(H,15,16). The Kier molecular flexibility index (Phi) is 3.47. The maximum Gasteiger partial charge on any atom is 0.317 e. The van der Waals surface area contributed by atoms with E-state index in [0.717, 1.165) is 0 Å². The van der Waals surface area contributed by atoms with E-state index in [1.54, 1.807) is 4.90 Å². The lowest BCUT2D eigenvalue weighted by atomic mass is 9.88. The van der Waals surface area contributed by atoms with E-state index >= 15 is 0 Å². The topological polar surface area (TPSA) is 78.9 Å². The van der Waals surface area contributed by atoms with Crippen LogP contribution in [0.5, 0.6) is 0 Å². The molecule has 2 heterocycles. The number of ether oxygens (including phenoxy) is 1. The molecule has 2 aliphatic rings. The average Bonchev–Trinajstić information content (AvgIpc) is 2.86. The number of hydrogen-bond donors (Lipinski definition) is 2. The summed E-state index contributed by atoms with van der Waals surface area (Å²) in [6.07, 6.45) is 0.535. The highest BCUT2D eigenvalue weighted by molar-refractivity contribution is 5.77. The van der Waals surface area contributed by atoms with Gasteiger partial charge in [0.1, 0.15) is 0 Å². The van der Waals surface area contributed by atoms with Crippen LogP contribution in [0.4, 0.5) is 4.79 Å². The summed E-state index contributed by atoms with van der Waals surface area (Å²) >= 11 is 0. The molecule has 2 rings (SSSR count). The van der Waals surface area contributed by atoms with Crippen LogP contribution in [0.25, 0.3) is 0 Å². The molecule has 0 bridgehead atoms. The third-order valence-electron chi connectivity index (χ3n) is 3.82. The minimum absolute atomic E-state index is 0.00567. The van der Waals surface area contributed by atoms with E-state index in [1.165, 1.54) is 0 Å². The first-order chi connectivity index (χ1) is 8.40. The maximum absolute atomic E-state index is 12.0. The molecule has 0 aromatic heterocycles. The fourth-order valence-electron chi connectivity index (χ4n) is 2.39. The number of nitrogens with zero attached hydrogens (tertiary/aromatic N) is 1. The van der Waals surface area contributed by atoms with Gasteiger partial charge in [0.05, 0.1) is 25.2 Å². The van der Waals surface area contributed by atoms with Crippen molar-refractivity contribution in [2.24, 2.45) is 11.3 Å². The molecular formula is C12H20N2O4. The van der Waals surface area contributed by atoms with Crippen LogP contribution in [0.2, 0.25) is 0 Å². The van der Waals surface area contributed by atoms with Crippen molar-refractivity contribution in [2.75, 3.05) is 26.3 Å². The van der Waals surface area contributed by atoms with E-state index in [-0.39, 0.29) is 17.5 Å². The van der Waals surface area contributed by atoms with Gasteiger partial charge in [0.25, 0.3) is 0 Å². The molecule has 0 aromatic carbocycles. The Morgan fingerprint density at radius 3 is 2.67 bits per heavy atom. The Hall–Kier alpha value is -1.30. The van der Waals surface area contributed by atoms with Gasteiger partial charge in [-0.15, -0.1) is 0 Å². The van der Waals surface area contributed by atoms with E-state index in [1.807, 2.05) is 0 Å². The number of carbonyl (C=O) groups excluding carboxylic acids is 1. The molecule has 6 heteroatoms. The van der Waals surface area contributed by atoms with Gasteiger partial charge in [0.15, 0.2) is 0 Å². The van der Waals surface area contributed by atoms with Crippen molar-refractivity contribution < 1.29 is 19.4 Å². The number of amides is 2. The van der Waals surface area contributed by atoms with Gasteiger partial charge in [0, 0.05) is 18.5 Å². The summed E-state index contributed by atoms with van der Waals surface area (Å²) in [4.78, 5) is 24.4. The van der Waals surface area contributed by atoms with E-state index < -0.39 is 11.9 Å². The molecule has 0 saturated carbocycles.